The molecule has 1 unspecified atom stereocenters. The van der Waals surface area contributed by atoms with Crippen molar-refractivity contribution in [2.45, 2.75) is 64.2 Å². The van der Waals surface area contributed by atoms with E-state index in [2.05, 4.69) is 19.2 Å². The first kappa shape index (κ1) is 10.4. The van der Waals surface area contributed by atoms with Gasteiger partial charge in [0.1, 0.15) is 5.72 Å². The minimum absolute atomic E-state index is 0.0609. The second kappa shape index (κ2) is 4.19. The molecule has 2 fully saturated rings. The molecular weight excluding hydrogens is 174 g/mol. The average molecular weight is 197 g/mol. The fraction of sp³-hybridized carbons (Fsp3) is 1.00. The van der Waals surface area contributed by atoms with Crippen LogP contribution in [-0.4, -0.2) is 18.4 Å². The first-order valence-electron chi connectivity index (χ1n) is 6.17. The lowest BCUT2D eigenvalue weighted by atomic mass is 9.83. The predicted molar refractivity (Wildman–Crippen MR) is 58.1 cm³/mol. The highest BCUT2D eigenvalue weighted by molar-refractivity contribution is 4.88. The number of hydrogen-bond acceptors (Lipinski definition) is 2. The summed E-state index contributed by atoms with van der Waals surface area (Å²) in [5.41, 5.74) is 0.0609. The highest BCUT2D eigenvalue weighted by atomic mass is 16.5. The van der Waals surface area contributed by atoms with Crippen LogP contribution in [0.25, 0.3) is 0 Å². The number of ether oxygens (including phenoxy) is 1. The third-order valence-corrected chi connectivity index (χ3v) is 3.84. The summed E-state index contributed by atoms with van der Waals surface area (Å²) in [4.78, 5) is 0. The monoisotopic (exact) mass is 197 g/mol. The molecule has 1 saturated heterocycles. The Hall–Kier alpha value is -0.0800. The molecule has 82 valence electrons. The fourth-order valence-electron chi connectivity index (χ4n) is 2.69. The molecule has 1 aliphatic heterocycles. The van der Waals surface area contributed by atoms with Crippen molar-refractivity contribution in [2.75, 3.05) is 6.54 Å². The van der Waals surface area contributed by atoms with E-state index >= 15 is 0 Å². The summed E-state index contributed by atoms with van der Waals surface area (Å²) in [5, 5.41) is 3.60. The molecule has 0 amide bonds. The zero-order chi connectivity index (χ0) is 10.0. The van der Waals surface area contributed by atoms with Crippen LogP contribution in [0, 0.1) is 5.92 Å². The minimum Gasteiger partial charge on any atom is -0.357 e. The van der Waals surface area contributed by atoms with E-state index in [1.165, 1.54) is 38.5 Å². The van der Waals surface area contributed by atoms with Crippen molar-refractivity contribution in [2.24, 2.45) is 5.92 Å². The zero-order valence-corrected chi connectivity index (χ0v) is 9.51. The Balaban J connectivity index is 1.94. The summed E-state index contributed by atoms with van der Waals surface area (Å²) < 4.78 is 6.20. The maximum absolute atomic E-state index is 6.20. The smallest absolute Gasteiger partial charge is 0.119 e. The molecule has 1 N–H and O–H groups in total. The van der Waals surface area contributed by atoms with Crippen molar-refractivity contribution in [3.05, 3.63) is 0 Å². The van der Waals surface area contributed by atoms with Gasteiger partial charge in [0.2, 0.25) is 0 Å². The third-order valence-electron chi connectivity index (χ3n) is 3.84. The molecule has 0 aromatic carbocycles. The summed E-state index contributed by atoms with van der Waals surface area (Å²) in [5.74, 6) is 0.896. The molecule has 0 bridgehead atoms. The first-order valence-corrected chi connectivity index (χ1v) is 6.17. The number of hydrogen-bond donors (Lipinski definition) is 1. The molecule has 1 heterocycles. The van der Waals surface area contributed by atoms with Crippen LogP contribution in [0.3, 0.4) is 0 Å². The average Bonchev–Trinajstić information content (AvgIpc) is 2.23. The van der Waals surface area contributed by atoms with Gasteiger partial charge in [-0.05, 0) is 44.4 Å². The largest absolute Gasteiger partial charge is 0.357 e. The Morgan fingerprint density at radius 2 is 2.00 bits per heavy atom. The van der Waals surface area contributed by atoms with Crippen LogP contribution >= 0.6 is 0 Å². The van der Waals surface area contributed by atoms with Crippen molar-refractivity contribution in [3.63, 3.8) is 0 Å². The Bertz CT molecular complexity index is 185. The van der Waals surface area contributed by atoms with Crippen molar-refractivity contribution in [1.29, 1.82) is 0 Å². The Morgan fingerprint density at radius 1 is 1.29 bits per heavy atom. The van der Waals surface area contributed by atoms with Gasteiger partial charge in [0, 0.05) is 6.54 Å². The Kier molecular flexibility index (Phi) is 3.13. The van der Waals surface area contributed by atoms with E-state index in [-0.39, 0.29) is 5.72 Å². The van der Waals surface area contributed by atoms with Crippen molar-refractivity contribution in [1.82, 2.24) is 5.32 Å². The lowest BCUT2D eigenvalue weighted by molar-refractivity contribution is -0.163. The second-order valence-electron chi connectivity index (χ2n) is 5.04. The minimum atomic E-state index is 0.0609. The lowest BCUT2D eigenvalue weighted by Gasteiger charge is -2.45. The molecule has 0 radical (unpaired) electrons. The van der Waals surface area contributed by atoms with E-state index in [1.807, 2.05) is 0 Å². The molecule has 1 aliphatic carbocycles. The Morgan fingerprint density at radius 3 is 2.64 bits per heavy atom. The summed E-state index contributed by atoms with van der Waals surface area (Å²) in [7, 11) is 0. The number of nitrogens with one attached hydrogen (secondary N) is 1. The van der Waals surface area contributed by atoms with Crippen molar-refractivity contribution < 1.29 is 4.74 Å². The molecule has 2 rings (SSSR count). The summed E-state index contributed by atoms with van der Waals surface area (Å²) in [6, 6.07) is 0. The van der Waals surface area contributed by atoms with Crippen LogP contribution in [0.2, 0.25) is 0 Å². The first-order chi connectivity index (χ1) is 6.74. The normalized spacial score (nSPS) is 44.1. The number of rotatable bonds is 1. The highest BCUT2D eigenvalue weighted by Crippen LogP contribution is 2.36. The van der Waals surface area contributed by atoms with E-state index < -0.39 is 0 Å². The van der Waals surface area contributed by atoms with Gasteiger partial charge >= 0.3 is 0 Å². The maximum Gasteiger partial charge on any atom is 0.119 e. The van der Waals surface area contributed by atoms with Gasteiger partial charge in [-0.25, -0.2) is 0 Å². The van der Waals surface area contributed by atoms with Gasteiger partial charge in [-0.2, -0.15) is 0 Å². The topological polar surface area (TPSA) is 21.3 Å². The van der Waals surface area contributed by atoms with Crippen molar-refractivity contribution >= 4 is 0 Å². The van der Waals surface area contributed by atoms with E-state index in [9.17, 15) is 0 Å². The summed E-state index contributed by atoms with van der Waals surface area (Å²) in [6.45, 7) is 5.73. The van der Waals surface area contributed by atoms with E-state index in [0.717, 1.165) is 12.5 Å². The van der Waals surface area contributed by atoms with Gasteiger partial charge < -0.3 is 4.74 Å². The molecule has 1 atom stereocenters. The van der Waals surface area contributed by atoms with E-state index in [0.29, 0.717) is 6.10 Å². The molecule has 2 nitrogen and oxygen atoms in total. The summed E-state index contributed by atoms with van der Waals surface area (Å²) in [6.07, 6.45) is 7.93. The zero-order valence-electron chi connectivity index (χ0n) is 9.51. The van der Waals surface area contributed by atoms with E-state index in [4.69, 9.17) is 4.74 Å². The molecule has 0 aromatic heterocycles. The van der Waals surface area contributed by atoms with Gasteiger partial charge in [-0.1, -0.05) is 13.8 Å². The molecular formula is C12H23NO. The third kappa shape index (κ3) is 2.12. The SMILES string of the molecule is CCC1CCNC2(CCC(C)CC2)O1. The van der Waals surface area contributed by atoms with Crippen LogP contribution < -0.4 is 5.32 Å². The predicted octanol–water partition coefficient (Wildman–Crippen LogP) is 2.68. The van der Waals surface area contributed by atoms with Gasteiger partial charge in [0.15, 0.2) is 0 Å². The molecule has 2 heteroatoms. The van der Waals surface area contributed by atoms with Gasteiger partial charge in [-0.3, -0.25) is 5.32 Å². The van der Waals surface area contributed by atoms with Crippen LogP contribution in [0.4, 0.5) is 0 Å². The highest BCUT2D eigenvalue weighted by Gasteiger charge is 2.38. The van der Waals surface area contributed by atoms with Crippen LogP contribution in [0.1, 0.15) is 52.4 Å². The second-order valence-corrected chi connectivity index (χ2v) is 5.04. The van der Waals surface area contributed by atoms with Crippen LogP contribution in [-0.2, 0) is 4.74 Å². The fourth-order valence-corrected chi connectivity index (χ4v) is 2.69. The van der Waals surface area contributed by atoms with Crippen LogP contribution in [0.5, 0.6) is 0 Å². The van der Waals surface area contributed by atoms with Gasteiger partial charge in [0.05, 0.1) is 6.10 Å². The molecule has 1 saturated carbocycles. The summed E-state index contributed by atoms with van der Waals surface area (Å²) >= 11 is 0. The lowest BCUT2D eigenvalue weighted by Crippen LogP contribution is -2.56. The molecule has 0 aromatic rings. The van der Waals surface area contributed by atoms with Crippen LogP contribution in [0.15, 0.2) is 0 Å². The molecule has 2 aliphatic rings. The quantitative estimate of drug-likeness (QED) is 0.698. The molecule has 1 spiro atoms. The Labute approximate surface area is 87.4 Å². The van der Waals surface area contributed by atoms with E-state index in [1.54, 1.807) is 0 Å². The van der Waals surface area contributed by atoms with Gasteiger partial charge in [-0.15, -0.1) is 0 Å². The molecule has 14 heavy (non-hydrogen) atoms. The standard InChI is InChI=1S/C12H23NO/c1-3-11-6-9-13-12(14-11)7-4-10(2)5-8-12/h10-11,13H,3-9H2,1-2H3. The van der Waals surface area contributed by atoms with Crippen molar-refractivity contribution in [3.8, 4) is 0 Å². The maximum atomic E-state index is 6.20. The van der Waals surface area contributed by atoms with Gasteiger partial charge in [0.25, 0.3) is 0 Å².